The number of aryl methyl sites for hydroxylation is 2. The van der Waals surface area contributed by atoms with Crippen LogP contribution >= 0.6 is 58.0 Å². The number of aromatic nitrogens is 11. The topological polar surface area (TPSA) is 407 Å². The van der Waals surface area contributed by atoms with Gasteiger partial charge in [0.2, 0.25) is 10.2 Å². The normalized spacial score (nSPS) is 12.7. The minimum Gasteiger partial charge on any atom is -0.448 e. The number of pyridine rings is 5. The van der Waals surface area contributed by atoms with E-state index in [0.29, 0.717) is 127 Å². The molecule has 0 radical (unpaired) electrons. The number of oxime groups is 1. The summed E-state index contributed by atoms with van der Waals surface area (Å²) in [4.78, 5) is 37.3. The summed E-state index contributed by atoms with van der Waals surface area (Å²) in [6.45, 7) is 2.14. The molecule has 30 nitrogen and oxygen atoms in total. The summed E-state index contributed by atoms with van der Waals surface area (Å²) >= 11 is 31.9. The number of furan rings is 2. The van der Waals surface area contributed by atoms with E-state index >= 15 is 0 Å². The second kappa shape index (κ2) is 42.0. The molecule has 21 rings (SSSR count). The summed E-state index contributed by atoms with van der Waals surface area (Å²) in [5, 5.41) is 18.9. The number of alkyl halides is 3. The van der Waals surface area contributed by atoms with Crippen molar-refractivity contribution < 1.29 is 68.9 Å². The van der Waals surface area contributed by atoms with E-state index in [2.05, 4.69) is 73.7 Å². The molecule has 0 saturated heterocycles. The fraction of sp³-hybridized carbons (Fsp3) is 0.0700. The maximum atomic E-state index is 12.9. The Bertz CT molecular complexity index is 8870. The molecular formula is C100H75Cl5F3N17O13S5. The number of hydrogen-bond acceptors (Lipinski definition) is 22. The monoisotopic (exact) mass is 2110 g/mol. The highest BCUT2D eigenvalue weighted by Crippen LogP contribution is 2.42. The fourth-order valence-corrected chi connectivity index (χ4v) is 21.3. The van der Waals surface area contributed by atoms with E-state index in [1.807, 2.05) is 159 Å². The summed E-state index contributed by atoms with van der Waals surface area (Å²) < 4.78 is 189. The fourth-order valence-electron chi connectivity index (χ4n) is 15.2. The van der Waals surface area contributed by atoms with Gasteiger partial charge in [0.15, 0.2) is 16.2 Å². The van der Waals surface area contributed by atoms with Gasteiger partial charge in [0, 0.05) is 134 Å². The summed E-state index contributed by atoms with van der Waals surface area (Å²) in [7, 11) is -17.9. The van der Waals surface area contributed by atoms with Crippen molar-refractivity contribution in [3.05, 3.63) is 372 Å². The highest BCUT2D eigenvalue weighted by atomic mass is 35.5. The number of halogens is 8. The molecule has 1 unspecified atom stereocenters. The number of benzene rings is 10. The SMILES string of the molecule is CC1=NOC(c2ccc(S(=O)(=O)Nc3ccc(Cl)c(-c4nccc5ccccc45)c3)o2)C1.Cc1ccc(S(=O)(=O)Nc2ccc(Cl)c(-c3nccc4ccccc34)c2)o1.Cn1cncc1S(=O)(=O)Nc1ccc(Cl)c(-c2nccc3ccccc23)c1.O=S(=O)(Nc1ccc(Cl)c(-c2nccc3ccccc23)c1)c1cnc[nH]1.O=S(=O)(Nc1ccc(Cl)c(-c2nccc3ccccc23)c1)c1cnn(CC(F)(F)F)c1. The third-order valence-electron chi connectivity index (χ3n) is 21.8. The molecule has 20 aromatic rings. The first-order valence-corrected chi connectivity index (χ1v) is 52.0. The molecule has 0 bridgehead atoms. The Morgan fingerprint density at radius 1 is 0.399 bits per heavy atom. The molecule has 6 N–H and O–H groups in total. The summed E-state index contributed by atoms with van der Waals surface area (Å²) in [6, 6.07) is 78.5. The lowest BCUT2D eigenvalue weighted by molar-refractivity contribution is -0.142. The van der Waals surface area contributed by atoms with Crippen LogP contribution in [0.15, 0.2) is 374 Å². The van der Waals surface area contributed by atoms with Crippen LogP contribution in [0.2, 0.25) is 25.1 Å². The standard InChI is InChI=1S/C23H18ClN3O4S.C20H14ClF3N4O2S.C20H15ClN2O3S.C19H15ClN4O2S.C18H13ClN4O2S/c1-14-12-21(31-26-14)20-8-9-22(30-20)32(28,29)27-16-6-7-19(24)18(13-16)23-17-5-3-2-4-15(17)10-11-25-23;21-18-6-5-14(9-17(18)19-16-4-2-1-3-13(16)7-8-25-19)27-31(29,30)15-10-26-28(11-15)12-20(22,23)24;1-13-6-9-19(26-13)27(24,25)23-15-7-8-18(21)17(12-15)20-16-5-3-2-4-14(16)10-11-22-20;1-24-12-21-11-18(24)27(25,26)23-14-6-7-17(20)16(10-14)19-15-5-3-2-4-13(15)8-9-22-19;19-16-6-5-13(23-26(24,25)17-10-20-11-22-17)9-15(16)18-14-4-2-1-3-12(14)7-8-21-18/h2-11,13,21,27H,12H2,1H3;1-11,27H,12H2;2*2-12,23H,1H3;1-11,23H,(H,20,22). The van der Waals surface area contributed by atoms with Crippen LogP contribution in [0.1, 0.15) is 31.0 Å². The average Bonchev–Trinajstić information content (AvgIpc) is 1.36. The highest BCUT2D eigenvalue weighted by molar-refractivity contribution is 7.93. The van der Waals surface area contributed by atoms with Crippen molar-refractivity contribution >= 4 is 196 Å². The lowest BCUT2D eigenvalue weighted by Crippen LogP contribution is -2.18. The van der Waals surface area contributed by atoms with E-state index in [1.54, 1.807) is 130 Å². The number of fused-ring (bicyclic) bond motifs is 5. The van der Waals surface area contributed by atoms with Crippen LogP contribution in [0.5, 0.6) is 0 Å². The maximum absolute atomic E-state index is 12.9. The number of sulfonamides is 5. The minimum absolute atomic E-state index is 0.0164. The first-order chi connectivity index (χ1) is 68.5. The van der Waals surface area contributed by atoms with E-state index in [0.717, 1.165) is 72.0 Å². The third kappa shape index (κ3) is 23.2. The maximum Gasteiger partial charge on any atom is 0.408 e. The molecule has 0 fully saturated rings. The molecule has 11 heterocycles. The van der Waals surface area contributed by atoms with Crippen LogP contribution in [0.25, 0.3) is 110 Å². The van der Waals surface area contributed by atoms with Crippen LogP contribution in [0, 0.1) is 6.92 Å². The van der Waals surface area contributed by atoms with Gasteiger partial charge in [-0.05, 0) is 186 Å². The Labute approximate surface area is 840 Å². The Morgan fingerprint density at radius 2 is 0.748 bits per heavy atom. The molecule has 0 saturated carbocycles. The number of anilines is 5. The lowest BCUT2D eigenvalue weighted by Gasteiger charge is -2.12. The number of aromatic amines is 1. The first kappa shape index (κ1) is 99.5. The first-order valence-electron chi connectivity index (χ1n) is 42.7. The van der Waals surface area contributed by atoms with E-state index < -0.39 is 73.8 Å². The average molecular weight is 2120 g/mol. The summed E-state index contributed by atoms with van der Waals surface area (Å²) in [5.74, 6) is 0.926. The number of nitrogens with zero attached hydrogens (tertiary/aromatic N) is 11. The number of rotatable bonds is 22. The van der Waals surface area contributed by atoms with Crippen molar-refractivity contribution in [3.8, 4) is 56.3 Å². The van der Waals surface area contributed by atoms with Crippen molar-refractivity contribution in [3.63, 3.8) is 0 Å². The molecule has 43 heteroatoms. The number of hydrogen-bond donors (Lipinski definition) is 6. The second-order valence-electron chi connectivity index (χ2n) is 31.8. The van der Waals surface area contributed by atoms with Gasteiger partial charge in [-0.2, -0.15) is 51.9 Å². The molecule has 10 aromatic heterocycles. The van der Waals surface area contributed by atoms with E-state index in [4.69, 9.17) is 71.7 Å². The van der Waals surface area contributed by atoms with E-state index in [1.165, 1.54) is 59.9 Å². The minimum atomic E-state index is -4.52. The van der Waals surface area contributed by atoms with Gasteiger partial charge in [0.25, 0.3) is 50.1 Å². The van der Waals surface area contributed by atoms with Gasteiger partial charge >= 0.3 is 6.18 Å². The van der Waals surface area contributed by atoms with Gasteiger partial charge in [0.1, 0.15) is 23.0 Å². The van der Waals surface area contributed by atoms with E-state index in [9.17, 15) is 55.3 Å². The van der Waals surface area contributed by atoms with Crippen molar-refractivity contribution in [2.75, 3.05) is 23.6 Å². The third-order valence-corrected chi connectivity index (χ3v) is 30.0. The largest absolute Gasteiger partial charge is 0.448 e. The van der Waals surface area contributed by atoms with Crippen molar-refractivity contribution in [1.29, 1.82) is 0 Å². The van der Waals surface area contributed by atoms with Crippen molar-refractivity contribution in [2.45, 2.75) is 64.2 Å². The zero-order chi connectivity index (χ0) is 101. The number of H-pyrrole nitrogens is 1. The van der Waals surface area contributed by atoms with Crippen LogP contribution in [0.3, 0.4) is 0 Å². The van der Waals surface area contributed by atoms with Gasteiger partial charge in [-0.3, -0.25) is 53.2 Å². The zero-order valence-corrected chi connectivity index (χ0v) is 82.4. The van der Waals surface area contributed by atoms with Crippen LogP contribution in [-0.2, 0) is 68.5 Å². The summed E-state index contributed by atoms with van der Waals surface area (Å²) in [6.07, 6.45) is 11.0. The molecule has 0 spiro atoms. The number of nitrogens with one attached hydrogen (secondary N) is 6. The predicted molar refractivity (Wildman–Crippen MR) is 549 cm³/mol. The molecule has 0 aliphatic carbocycles. The van der Waals surface area contributed by atoms with Crippen molar-refractivity contribution in [2.24, 2.45) is 12.2 Å². The molecule has 1 atom stereocenters. The Hall–Kier alpha value is -15.1. The Kier molecular flexibility index (Phi) is 29.2. The van der Waals surface area contributed by atoms with Gasteiger partial charge in [-0.15, -0.1) is 0 Å². The molecule has 10 aromatic carbocycles. The molecule has 724 valence electrons. The van der Waals surface area contributed by atoms with Gasteiger partial charge in [-0.1, -0.05) is 184 Å². The molecule has 0 amide bonds. The Morgan fingerprint density at radius 3 is 1.08 bits per heavy atom. The smallest absolute Gasteiger partial charge is 0.408 e. The van der Waals surface area contributed by atoms with E-state index in [-0.39, 0.29) is 25.9 Å². The quantitative estimate of drug-likeness (QED) is 0.0367. The van der Waals surface area contributed by atoms with Crippen LogP contribution in [-0.4, -0.2) is 108 Å². The Balaban J connectivity index is 0.000000123. The molecule has 1 aliphatic rings. The van der Waals surface area contributed by atoms with Gasteiger partial charge in [-0.25, -0.2) is 18.4 Å². The molecule has 1 aliphatic heterocycles. The highest BCUT2D eigenvalue weighted by Gasteiger charge is 2.32. The summed E-state index contributed by atoms with van der Waals surface area (Å²) in [5.41, 5.74) is 8.88. The van der Waals surface area contributed by atoms with Gasteiger partial charge in [0.05, 0.1) is 90.5 Å². The lowest BCUT2D eigenvalue weighted by atomic mass is 10.0. The van der Waals surface area contributed by atoms with Crippen molar-refractivity contribution in [1.82, 2.24) is 54.2 Å². The van der Waals surface area contributed by atoms with Gasteiger partial charge < -0.3 is 23.2 Å². The van der Waals surface area contributed by atoms with Crippen LogP contribution < -0.4 is 23.6 Å². The molecule has 143 heavy (non-hydrogen) atoms. The van der Waals surface area contributed by atoms with Crippen LogP contribution in [0.4, 0.5) is 41.6 Å². The zero-order valence-electron chi connectivity index (χ0n) is 74.5. The predicted octanol–water partition coefficient (Wildman–Crippen LogP) is 24.3. The molecular weight excluding hydrogens is 2040 g/mol. The number of imidazole rings is 2. The second-order valence-corrected chi connectivity index (χ2v) is 42.0.